The lowest BCUT2D eigenvalue weighted by atomic mass is 9.79. The van der Waals surface area contributed by atoms with Crippen molar-refractivity contribution in [3.63, 3.8) is 0 Å². The lowest BCUT2D eigenvalue weighted by molar-refractivity contribution is -0.143. The van der Waals surface area contributed by atoms with E-state index in [4.69, 9.17) is 0 Å². The fourth-order valence-corrected chi connectivity index (χ4v) is 4.01. The molecule has 0 radical (unpaired) electrons. The van der Waals surface area contributed by atoms with Gasteiger partial charge in [0.2, 0.25) is 17.8 Å². The van der Waals surface area contributed by atoms with E-state index >= 15 is 0 Å². The third-order valence-electron chi connectivity index (χ3n) is 5.52. The van der Waals surface area contributed by atoms with Gasteiger partial charge >= 0.3 is 5.97 Å². The average Bonchev–Trinajstić information content (AvgIpc) is 2.69. The highest BCUT2D eigenvalue weighted by Crippen LogP contribution is 2.35. The SMILES string of the molecule is CNC(=O)CN1CCC(C2CC(C(=O)O)CCN2c2ncccn2)CC1=O. The first-order valence-corrected chi connectivity index (χ1v) is 9.24. The van der Waals surface area contributed by atoms with Crippen LogP contribution in [0.25, 0.3) is 0 Å². The number of rotatable bonds is 5. The molecule has 2 aliphatic rings. The van der Waals surface area contributed by atoms with Gasteiger partial charge < -0.3 is 20.2 Å². The fraction of sp³-hybridized carbons (Fsp3) is 0.611. The molecule has 3 heterocycles. The second-order valence-electron chi connectivity index (χ2n) is 7.11. The number of nitrogens with one attached hydrogen (secondary N) is 1. The summed E-state index contributed by atoms with van der Waals surface area (Å²) in [5, 5.41) is 12.0. The molecule has 0 bridgehead atoms. The van der Waals surface area contributed by atoms with E-state index in [2.05, 4.69) is 15.3 Å². The maximum atomic E-state index is 12.5. The van der Waals surface area contributed by atoms with Crippen LogP contribution in [0.5, 0.6) is 0 Å². The van der Waals surface area contributed by atoms with Crippen LogP contribution >= 0.6 is 0 Å². The van der Waals surface area contributed by atoms with Crippen molar-refractivity contribution in [2.24, 2.45) is 11.8 Å². The van der Waals surface area contributed by atoms with Crippen molar-refractivity contribution in [2.75, 3.05) is 31.6 Å². The minimum Gasteiger partial charge on any atom is -0.481 e. The summed E-state index contributed by atoms with van der Waals surface area (Å²) in [6.07, 6.45) is 5.37. The van der Waals surface area contributed by atoms with Crippen LogP contribution in [0.2, 0.25) is 0 Å². The van der Waals surface area contributed by atoms with Crippen LogP contribution in [-0.4, -0.2) is 70.5 Å². The molecule has 2 fully saturated rings. The molecule has 3 atom stereocenters. The number of amides is 2. The Kier molecular flexibility index (Phi) is 5.88. The van der Waals surface area contributed by atoms with Crippen molar-refractivity contribution < 1.29 is 19.5 Å². The van der Waals surface area contributed by atoms with Gasteiger partial charge in [-0.15, -0.1) is 0 Å². The molecule has 0 saturated carbocycles. The Bertz CT molecular complexity index is 698. The minimum atomic E-state index is -0.794. The van der Waals surface area contributed by atoms with E-state index in [-0.39, 0.29) is 30.3 Å². The average molecular weight is 375 g/mol. The number of nitrogens with zero attached hydrogens (tertiary/aromatic N) is 4. The number of carbonyl (C=O) groups excluding carboxylic acids is 2. The van der Waals surface area contributed by atoms with Crippen LogP contribution in [0.4, 0.5) is 5.95 Å². The monoisotopic (exact) mass is 375 g/mol. The quantitative estimate of drug-likeness (QED) is 0.751. The Labute approximate surface area is 157 Å². The Morgan fingerprint density at radius 2 is 2.00 bits per heavy atom. The van der Waals surface area contributed by atoms with Crippen LogP contribution in [-0.2, 0) is 14.4 Å². The van der Waals surface area contributed by atoms with E-state index in [0.717, 1.165) is 6.42 Å². The smallest absolute Gasteiger partial charge is 0.306 e. The second kappa shape index (κ2) is 8.32. The Balaban J connectivity index is 1.75. The molecule has 9 heteroatoms. The molecule has 2 amide bonds. The zero-order valence-corrected chi connectivity index (χ0v) is 15.4. The molecule has 0 spiro atoms. The van der Waals surface area contributed by atoms with E-state index in [9.17, 15) is 19.5 Å². The molecular formula is C18H25N5O4. The maximum Gasteiger partial charge on any atom is 0.306 e. The molecule has 2 aliphatic heterocycles. The molecule has 1 aromatic heterocycles. The zero-order chi connectivity index (χ0) is 19.4. The van der Waals surface area contributed by atoms with Gasteiger partial charge in [0, 0.05) is 45.0 Å². The molecule has 27 heavy (non-hydrogen) atoms. The highest BCUT2D eigenvalue weighted by atomic mass is 16.4. The highest BCUT2D eigenvalue weighted by molar-refractivity contribution is 5.85. The summed E-state index contributed by atoms with van der Waals surface area (Å²) in [6.45, 7) is 1.11. The predicted molar refractivity (Wildman–Crippen MR) is 96.9 cm³/mol. The first-order valence-electron chi connectivity index (χ1n) is 9.24. The largest absolute Gasteiger partial charge is 0.481 e. The van der Waals surface area contributed by atoms with Gasteiger partial charge in [-0.2, -0.15) is 0 Å². The van der Waals surface area contributed by atoms with Gasteiger partial charge in [0.25, 0.3) is 0 Å². The molecule has 2 N–H and O–H groups in total. The normalized spacial score (nSPS) is 26.0. The van der Waals surface area contributed by atoms with Crippen LogP contribution in [0.15, 0.2) is 18.5 Å². The summed E-state index contributed by atoms with van der Waals surface area (Å²) in [7, 11) is 1.55. The first-order chi connectivity index (χ1) is 13.0. The fourth-order valence-electron chi connectivity index (χ4n) is 4.01. The number of hydrogen-bond donors (Lipinski definition) is 2. The lowest BCUT2D eigenvalue weighted by Gasteiger charge is -2.44. The number of aromatic nitrogens is 2. The lowest BCUT2D eigenvalue weighted by Crippen LogP contribution is -2.53. The molecule has 3 rings (SSSR count). The van der Waals surface area contributed by atoms with E-state index in [0.29, 0.717) is 38.3 Å². The molecule has 9 nitrogen and oxygen atoms in total. The standard InChI is InChI=1S/C18H25N5O4/c1-19-15(24)11-22-7-3-12(10-16(22)25)14-9-13(17(26)27)4-8-23(14)18-20-5-2-6-21-18/h2,5-6,12-14H,3-4,7-11H2,1H3,(H,19,24)(H,26,27). The number of hydrogen-bond acceptors (Lipinski definition) is 6. The maximum absolute atomic E-state index is 12.5. The van der Waals surface area contributed by atoms with Crippen molar-refractivity contribution >= 4 is 23.7 Å². The first kappa shape index (κ1) is 19.1. The van der Waals surface area contributed by atoms with Crippen LogP contribution in [0.3, 0.4) is 0 Å². The minimum absolute atomic E-state index is 0.0180. The summed E-state index contributed by atoms with van der Waals surface area (Å²) < 4.78 is 0. The van der Waals surface area contributed by atoms with Gasteiger partial charge in [0.15, 0.2) is 0 Å². The molecule has 1 aromatic rings. The molecule has 0 aliphatic carbocycles. The van der Waals surface area contributed by atoms with Crippen LogP contribution in [0, 0.1) is 11.8 Å². The Hall–Kier alpha value is -2.71. The third kappa shape index (κ3) is 4.35. The van der Waals surface area contributed by atoms with Gasteiger partial charge in [-0.25, -0.2) is 9.97 Å². The Morgan fingerprint density at radius 1 is 1.26 bits per heavy atom. The van der Waals surface area contributed by atoms with Gasteiger partial charge in [0.05, 0.1) is 12.5 Å². The van der Waals surface area contributed by atoms with Gasteiger partial charge in [0.1, 0.15) is 0 Å². The molecule has 0 aromatic carbocycles. The highest BCUT2D eigenvalue weighted by Gasteiger charge is 2.40. The van der Waals surface area contributed by atoms with Crippen molar-refractivity contribution in [1.29, 1.82) is 0 Å². The number of likely N-dealkylation sites (N-methyl/N-ethyl adjacent to an activating group) is 1. The van der Waals surface area contributed by atoms with E-state index in [1.54, 1.807) is 30.4 Å². The van der Waals surface area contributed by atoms with Crippen molar-refractivity contribution in [1.82, 2.24) is 20.2 Å². The molecular weight excluding hydrogens is 350 g/mol. The summed E-state index contributed by atoms with van der Waals surface area (Å²) in [4.78, 5) is 47.9. The number of anilines is 1. The number of aliphatic carboxylic acids is 1. The molecule has 3 unspecified atom stereocenters. The molecule has 2 saturated heterocycles. The van der Waals surface area contributed by atoms with Crippen LogP contribution in [0.1, 0.15) is 25.7 Å². The van der Waals surface area contributed by atoms with Crippen molar-refractivity contribution in [3.05, 3.63) is 18.5 Å². The molecule has 146 valence electrons. The van der Waals surface area contributed by atoms with E-state index in [1.165, 1.54) is 0 Å². The number of carbonyl (C=O) groups is 3. The summed E-state index contributed by atoms with van der Waals surface area (Å²) in [5.41, 5.74) is 0. The second-order valence-corrected chi connectivity index (χ2v) is 7.11. The van der Waals surface area contributed by atoms with Crippen molar-refractivity contribution in [2.45, 2.75) is 31.7 Å². The van der Waals surface area contributed by atoms with Gasteiger partial charge in [-0.1, -0.05) is 0 Å². The van der Waals surface area contributed by atoms with E-state index in [1.807, 2.05) is 4.90 Å². The summed E-state index contributed by atoms with van der Waals surface area (Å²) in [6, 6.07) is 1.64. The summed E-state index contributed by atoms with van der Waals surface area (Å²) in [5.74, 6) is -0.882. The van der Waals surface area contributed by atoms with E-state index < -0.39 is 11.9 Å². The summed E-state index contributed by atoms with van der Waals surface area (Å²) >= 11 is 0. The number of likely N-dealkylation sites (tertiary alicyclic amines) is 1. The van der Waals surface area contributed by atoms with Gasteiger partial charge in [-0.3, -0.25) is 14.4 Å². The number of carboxylic acid groups (broad SMARTS) is 1. The van der Waals surface area contributed by atoms with Crippen molar-refractivity contribution in [3.8, 4) is 0 Å². The third-order valence-corrected chi connectivity index (χ3v) is 5.52. The topological polar surface area (TPSA) is 116 Å². The number of carboxylic acids is 1. The van der Waals surface area contributed by atoms with Gasteiger partial charge in [-0.05, 0) is 31.2 Å². The van der Waals surface area contributed by atoms with Crippen LogP contribution < -0.4 is 10.2 Å². The number of piperidine rings is 2. The Morgan fingerprint density at radius 3 is 2.63 bits per heavy atom. The zero-order valence-electron chi connectivity index (χ0n) is 15.4. The predicted octanol–water partition coefficient (Wildman–Crippen LogP) is 0.131.